The van der Waals surface area contributed by atoms with Gasteiger partial charge in [-0.1, -0.05) is 36.4 Å². The molecular formula is C25H31N3O8S. The van der Waals surface area contributed by atoms with Gasteiger partial charge in [-0.3, -0.25) is 4.79 Å². The minimum atomic E-state index is -4.05. The first-order valence-corrected chi connectivity index (χ1v) is 12.9. The molecule has 37 heavy (non-hydrogen) atoms. The fraction of sp³-hybridized carbons (Fsp3) is 0.400. The Labute approximate surface area is 216 Å². The third-order valence-corrected chi connectivity index (χ3v) is 7.26. The number of nitrogens with zero attached hydrogens (tertiary/aromatic N) is 2. The van der Waals surface area contributed by atoms with Crippen LogP contribution in [0.1, 0.15) is 37.5 Å². The van der Waals surface area contributed by atoms with E-state index in [1.807, 2.05) is 0 Å². The molecule has 0 spiro atoms. The van der Waals surface area contributed by atoms with E-state index in [0.29, 0.717) is 22.4 Å². The predicted octanol–water partition coefficient (Wildman–Crippen LogP) is 2.30. The number of carboxylic acid groups (broad SMARTS) is 1. The zero-order valence-electron chi connectivity index (χ0n) is 21.1. The van der Waals surface area contributed by atoms with Crippen LogP contribution >= 0.6 is 0 Å². The van der Waals surface area contributed by atoms with E-state index in [2.05, 4.69) is 5.32 Å². The lowest BCUT2D eigenvalue weighted by molar-refractivity contribution is -0.139. The molecule has 1 aliphatic rings. The maximum Gasteiger partial charge on any atom is 0.408 e. The molecule has 0 radical (unpaired) electrons. The van der Waals surface area contributed by atoms with Crippen molar-refractivity contribution < 1.29 is 37.4 Å². The van der Waals surface area contributed by atoms with E-state index in [4.69, 9.17) is 9.47 Å². The first kappa shape index (κ1) is 27.9. The summed E-state index contributed by atoms with van der Waals surface area (Å²) < 4.78 is 38.3. The van der Waals surface area contributed by atoms with Crippen LogP contribution in [0.15, 0.2) is 48.5 Å². The molecule has 1 atom stereocenters. The molecule has 1 fully saturated rings. The number of hydrogen-bond acceptors (Lipinski definition) is 7. The lowest BCUT2D eigenvalue weighted by Crippen LogP contribution is -2.44. The van der Waals surface area contributed by atoms with E-state index in [1.165, 1.54) is 7.11 Å². The molecule has 2 amide bonds. The smallest absolute Gasteiger partial charge is 0.408 e. The van der Waals surface area contributed by atoms with Gasteiger partial charge in [0.15, 0.2) is 0 Å². The normalized spacial score (nSPS) is 16.3. The van der Waals surface area contributed by atoms with E-state index >= 15 is 0 Å². The largest absolute Gasteiger partial charge is 0.497 e. The van der Waals surface area contributed by atoms with E-state index in [-0.39, 0.29) is 26.1 Å². The molecule has 0 unspecified atom stereocenters. The molecule has 12 heteroatoms. The van der Waals surface area contributed by atoms with E-state index in [0.717, 1.165) is 8.61 Å². The number of carboxylic acids is 1. The Morgan fingerprint density at radius 2 is 1.70 bits per heavy atom. The van der Waals surface area contributed by atoms with Gasteiger partial charge in [0.1, 0.15) is 17.4 Å². The maximum atomic E-state index is 13.1. The molecule has 1 aliphatic heterocycles. The monoisotopic (exact) mass is 533 g/mol. The third-order valence-electron chi connectivity index (χ3n) is 5.46. The Morgan fingerprint density at radius 1 is 1.05 bits per heavy atom. The van der Waals surface area contributed by atoms with Crippen LogP contribution in [0.25, 0.3) is 0 Å². The van der Waals surface area contributed by atoms with Gasteiger partial charge in [-0.15, -0.1) is 0 Å². The van der Waals surface area contributed by atoms with Crippen molar-refractivity contribution in [2.24, 2.45) is 0 Å². The number of carbonyl (C=O) groups is 3. The standard InChI is InChI=1S/C25H31N3O8S/c1-25(2,3)36-24(32)26-21(23(30)31)13-18-6-5-7-19(12-18)14-27-16-22(29)28(37(27,33)34)15-17-8-10-20(35-4)11-9-17/h5-12,21H,13-16H2,1-4H3,(H,26,32)(H,30,31)/t21-/m0/s1. The van der Waals surface area contributed by atoms with Crippen LogP contribution in [0.3, 0.4) is 0 Å². The van der Waals surface area contributed by atoms with Crippen molar-refractivity contribution in [3.05, 3.63) is 65.2 Å². The van der Waals surface area contributed by atoms with Crippen LogP contribution in [0.4, 0.5) is 4.79 Å². The van der Waals surface area contributed by atoms with Gasteiger partial charge in [0.05, 0.1) is 20.2 Å². The summed E-state index contributed by atoms with van der Waals surface area (Å²) in [5.74, 6) is -1.16. The highest BCUT2D eigenvalue weighted by molar-refractivity contribution is 7.87. The van der Waals surface area contributed by atoms with Gasteiger partial charge >= 0.3 is 22.3 Å². The zero-order valence-corrected chi connectivity index (χ0v) is 21.9. The second-order valence-electron chi connectivity index (χ2n) is 9.59. The Morgan fingerprint density at radius 3 is 2.30 bits per heavy atom. The summed E-state index contributed by atoms with van der Waals surface area (Å²) in [6, 6.07) is 12.2. The average molecular weight is 534 g/mol. The van der Waals surface area contributed by atoms with Crippen molar-refractivity contribution >= 4 is 28.2 Å². The van der Waals surface area contributed by atoms with Gasteiger partial charge in [-0.05, 0) is 49.6 Å². The summed E-state index contributed by atoms with van der Waals surface area (Å²) in [6.07, 6.45) is -0.896. The van der Waals surface area contributed by atoms with Crippen LogP contribution in [-0.4, -0.2) is 65.4 Å². The molecule has 11 nitrogen and oxygen atoms in total. The fourth-order valence-electron chi connectivity index (χ4n) is 3.73. The van der Waals surface area contributed by atoms with E-state index in [1.54, 1.807) is 69.3 Å². The topological polar surface area (TPSA) is 143 Å². The van der Waals surface area contributed by atoms with Crippen molar-refractivity contribution in [3.63, 3.8) is 0 Å². The number of rotatable bonds is 9. The quantitative estimate of drug-likeness (QED) is 0.500. The molecule has 2 aromatic rings. The average Bonchev–Trinajstić information content (AvgIpc) is 3.00. The van der Waals surface area contributed by atoms with Crippen LogP contribution < -0.4 is 10.1 Å². The summed E-state index contributed by atoms with van der Waals surface area (Å²) in [4.78, 5) is 36.3. The number of ether oxygens (including phenoxy) is 2. The summed E-state index contributed by atoms with van der Waals surface area (Å²) in [7, 11) is -2.53. The lowest BCUT2D eigenvalue weighted by Gasteiger charge is -2.22. The van der Waals surface area contributed by atoms with Crippen molar-refractivity contribution in [2.45, 2.75) is 51.9 Å². The van der Waals surface area contributed by atoms with Gasteiger partial charge in [-0.25, -0.2) is 13.9 Å². The Hall–Kier alpha value is -3.64. The number of alkyl carbamates (subject to hydrolysis) is 1. The summed E-state index contributed by atoms with van der Waals surface area (Å²) in [5.41, 5.74) is 0.992. The van der Waals surface area contributed by atoms with Crippen molar-refractivity contribution in [1.29, 1.82) is 0 Å². The second kappa shape index (κ2) is 11.2. The summed E-state index contributed by atoms with van der Waals surface area (Å²) in [5, 5.41) is 11.9. The molecule has 1 heterocycles. The number of carbonyl (C=O) groups excluding carboxylic acids is 2. The fourth-order valence-corrected chi connectivity index (χ4v) is 5.22. The van der Waals surface area contributed by atoms with Crippen molar-refractivity contribution in [3.8, 4) is 5.75 Å². The van der Waals surface area contributed by atoms with Crippen molar-refractivity contribution in [2.75, 3.05) is 13.7 Å². The molecule has 0 aromatic heterocycles. The number of amides is 2. The van der Waals surface area contributed by atoms with Crippen LogP contribution in [0.5, 0.6) is 5.75 Å². The molecule has 1 saturated heterocycles. The predicted molar refractivity (Wildman–Crippen MR) is 134 cm³/mol. The van der Waals surface area contributed by atoms with Gasteiger partial charge in [0, 0.05) is 13.0 Å². The molecule has 2 N–H and O–H groups in total. The van der Waals surface area contributed by atoms with Crippen LogP contribution in [-0.2, 0) is 44.0 Å². The molecule has 0 aliphatic carbocycles. The second-order valence-corrected chi connectivity index (χ2v) is 11.4. The lowest BCUT2D eigenvalue weighted by atomic mass is 10.0. The first-order chi connectivity index (χ1) is 17.3. The van der Waals surface area contributed by atoms with Gasteiger partial charge in [0.25, 0.3) is 5.91 Å². The summed E-state index contributed by atoms with van der Waals surface area (Å²) in [6.45, 7) is 4.53. The first-order valence-electron chi connectivity index (χ1n) is 11.5. The minimum Gasteiger partial charge on any atom is -0.497 e. The number of hydrogen-bond donors (Lipinski definition) is 2. The number of benzene rings is 2. The van der Waals surface area contributed by atoms with Gasteiger partial charge < -0.3 is 19.9 Å². The highest BCUT2D eigenvalue weighted by Gasteiger charge is 2.42. The van der Waals surface area contributed by atoms with E-state index in [9.17, 15) is 27.9 Å². The Bertz CT molecular complexity index is 1260. The third kappa shape index (κ3) is 7.43. The Kier molecular flexibility index (Phi) is 8.44. The molecule has 3 rings (SSSR count). The van der Waals surface area contributed by atoms with Crippen LogP contribution in [0, 0.1) is 0 Å². The molecular weight excluding hydrogens is 502 g/mol. The molecule has 200 valence electrons. The number of aliphatic carboxylic acids is 1. The van der Waals surface area contributed by atoms with Gasteiger partial charge in [0.2, 0.25) is 0 Å². The Balaban J connectivity index is 1.69. The summed E-state index contributed by atoms with van der Waals surface area (Å²) >= 11 is 0. The number of nitrogens with one attached hydrogen (secondary N) is 1. The molecule has 0 saturated carbocycles. The van der Waals surface area contributed by atoms with Crippen LogP contribution in [0.2, 0.25) is 0 Å². The van der Waals surface area contributed by atoms with Crippen molar-refractivity contribution in [1.82, 2.24) is 13.9 Å². The maximum absolute atomic E-state index is 13.1. The highest BCUT2D eigenvalue weighted by Crippen LogP contribution is 2.24. The van der Waals surface area contributed by atoms with Gasteiger partial charge in [-0.2, -0.15) is 12.7 Å². The molecule has 2 aromatic carbocycles. The zero-order chi connectivity index (χ0) is 27.4. The van der Waals surface area contributed by atoms with E-state index < -0.39 is 39.8 Å². The highest BCUT2D eigenvalue weighted by atomic mass is 32.2. The number of methoxy groups -OCH3 is 1. The SMILES string of the molecule is COc1ccc(CN2C(=O)CN(Cc3cccc(C[C@H](NC(=O)OC(C)(C)C)C(=O)O)c3)S2(=O)=O)cc1. The molecule has 0 bridgehead atoms. The minimum absolute atomic E-state index is 0.0440.